The van der Waals surface area contributed by atoms with Gasteiger partial charge in [0.15, 0.2) is 0 Å². The highest BCUT2D eigenvalue weighted by Crippen LogP contribution is 2.52. The van der Waals surface area contributed by atoms with Crippen molar-refractivity contribution in [2.45, 2.75) is 19.3 Å². The monoisotopic (exact) mass is 619 g/mol. The zero-order valence-corrected chi connectivity index (χ0v) is 27.3. The molecule has 1 aliphatic rings. The predicted molar refractivity (Wildman–Crippen MR) is 202 cm³/mol. The topological polar surface area (TPSA) is 3.24 Å². The molecule has 47 heavy (non-hydrogen) atoms. The minimum Gasteiger partial charge on any atom is -0.309 e. The smallest absolute Gasteiger partial charge is 0.0540 e. The summed E-state index contributed by atoms with van der Waals surface area (Å²) in [6.07, 6.45) is 0. The molecule has 224 valence electrons. The third kappa shape index (κ3) is 4.36. The molecule has 0 radical (unpaired) electrons. The van der Waals surface area contributed by atoms with Crippen molar-refractivity contribution in [3.63, 3.8) is 0 Å². The Bertz CT molecular complexity index is 2450. The number of anilines is 3. The van der Waals surface area contributed by atoms with Crippen LogP contribution in [0.5, 0.6) is 0 Å². The van der Waals surface area contributed by atoms with E-state index < -0.39 is 0 Å². The number of fused-ring (bicyclic) bond motifs is 6. The summed E-state index contributed by atoms with van der Waals surface area (Å²) in [7, 11) is 0. The lowest BCUT2D eigenvalue weighted by Gasteiger charge is -2.31. The second kappa shape index (κ2) is 10.8. The molecule has 0 unspecified atom stereocenters. The van der Waals surface area contributed by atoms with Crippen molar-refractivity contribution in [3.05, 3.63) is 175 Å². The summed E-state index contributed by atoms with van der Waals surface area (Å²) in [5.74, 6) is 0. The normalized spacial score (nSPS) is 13.1. The van der Waals surface area contributed by atoms with E-state index in [0.29, 0.717) is 0 Å². The fourth-order valence-corrected chi connectivity index (χ4v) is 8.81. The molecule has 0 N–H and O–H groups in total. The average Bonchev–Trinajstić information content (AvgIpc) is 3.62. The van der Waals surface area contributed by atoms with Gasteiger partial charge in [0.05, 0.1) is 11.4 Å². The summed E-state index contributed by atoms with van der Waals surface area (Å²) in [5, 5.41) is 2.63. The molecule has 0 aliphatic heterocycles. The van der Waals surface area contributed by atoms with Gasteiger partial charge in [0.2, 0.25) is 0 Å². The lowest BCUT2D eigenvalue weighted by molar-refractivity contribution is 0.660. The fourth-order valence-electron chi connectivity index (χ4n) is 7.68. The first-order chi connectivity index (χ1) is 23.1. The van der Waals surface area contributed by atoms with Crippen molar-refractivity contribution in [2.75, 3.05) is 4.90 Å². The van der Waals surface area contributed by atoms with E-state index >= 15 is 0 Å². The van der Waals surface area contributed by atoms with Crippen LogP contribution < -0.4 is 4.90 Å². The highest BCUT2D eigenvalue weighted by molar-refractivity contribution is 7.25. The molecule has 0 bridgehead atoms. The molecule has 1 aromatic heterocycles. The zero-order valence-electron chi connectivity index (χ0n) is 26.4. The van der Waals surface area contributed by atoms with Gasteiger partial charge in [-0.25, -0.2) is 0 Å². The third-order valence-corrected chi connectivity index (χ3v) is 11.0. The van der Waals surface area contributed by atoms with E-state index in [9.17, 15) is 0 Å². The van der Waals surface area contributed by atoms with Gasteiger partial charge in [-0.2, -0.15) is 0 Å². The molecule has 0 atom stereocenters. The van der Waals surface area contributed by atoms with E-state index in [1.54, 1.807) is 0 Å². The quantitative estimate of drug-likeness (QED) is 0.185. The highest BCUT2D eigenvalue weighted by atomic mass is 32.1. The van der Waals surface area contributed by atoms with Crippen molar-refractivity contribution in [3.8, 4) is 33.4 Å². The van der Waals surface area contributed by atoms with Crippen LogP contribution in [0.2, 0.25) is 0 Å². The van der Waals surface area contributed by atoms with Crippen LogP contribution in [0.15, 0.2) is 164 Å². The van der Waals surface area contributed by atoms with Crippen LogP contribution in [0.3, 0.4) is 0 Å². The lowest BCUT2D eigenvalue weighted by Crippen LogP contribution is -2.16. The van der Waals surface area contributed by atoms with E-state index in [2.05, 4.69) is 183 Å². The van der Waals surface area contributed by atoms with Gasteiger partial charge in [-0.1, -0.05) is 141 Å². The van der Waals surface area contributed by atoms with Crippen molar-refractivity contribution in [1.82, 2.24) is 0 Å². The third-order valence-electron chi connectivity index (χ3n) is 9.89. The lowest BCUT2D eigenvalue weighted by atomic mass is 9.82. The molecule has 2 heteroatoms. The molecule has 7 aromatic carbocycles. The first-order valence-corrected chi connectivity index (χ1v) is 17.1. The van der Waals surface area contributed by atoms with E-state index in [-0.39, 0.29) is 5.41 Å². The fraction of sp³-hybridized carbons (Fsp3) is 0.0667. The second-order valence-corrected chi connectivity index (χ2v) is 14.0. The van der Waals surface area contributed by atoms with Gasteiger partial charge >= 0.3 is 0 Å². The van der Waals surface area contributed by atoms with Crippen LogP contribution in [0.1, 0.15) is 25.0 Å². The SMILES string of the molecule is CC1(C)c2ccccc2-c2cc(N(c3ccccc3-c3ccccc3)c3ccccc3-c3cccc4sc5ccccc5c34)ccc21. The van der Waals surface area contributed by atoms with Crippen molar-refractivity contribution < 1.29 is 0 Å². The molecule has 1 heterocycles. The predicted octanol–water partition coefficient (Wildman–Crippen LogP) is 13.2. The molecule has 0 saturated carbocycles. The Hall–Kier alpha value is -5.44. The standard InChI is InChI=1S/C45H33NS/c1-45(2)38-22-10-6-18-33(38)37-29-31(27-28-39(37)45)46(40-23-11-7-17-32(40)30-15-4-3-5-16-30)41-24-12-8-19-34(41)35-21-14-26-43-44(35)36-20-9-13-25-42(36)47-43/h3-29H,1-2H3. The van der Waals surface area contributed by atoms with Crippen LogP contribution in [0.4, 0.5) is 17.1 Å². The van der Waals surface area contributed by atoms with Gasteiger partial charge in [0.1, 0.15) is 0 Å². The van der Waals surface area contributed by atoms with E-state index in [1.807, 2.05) is 11.3 Å². The van der Waals surface area contributed by atoms with Gasteiger partial charge < -0.3 is 4.90 Å². The minimum atomic E-state index is -0.0508. The maximum absolute atomic E-state index is 2.49. The van der Waals surface area contributed by atoms with Gasteiger partial charge in [-0.05, 0) is 69.8 Å². The van der Waals surface area contributed by atoms with E-state index in [0.717, 1.165) is 17.1 Å². The Morgan fingerprint density at radius 1 is 0.447 bits per heavy atom. The molecule has 0 fully saturated rings. The Morgan fingerprint density at radius 3 is 1.87 bits per heavy atom. The van der Waals surface area contributed by atoms with Crippen LogP contribution in [0.25, 0.3) is 53.6 Å². The Morgan fingerprint density at radius 2 is 1.04 bits per heavy atom. The number of hydrogen-bond acceptors (Lipinski definition) is 2. The van der Waals surface area contributed by atoms with Gasteiger partial charge in [-0.3, -0.25) is 0 Å². The summed E-state index contributed by atoms with van der Waals surface area (Å²) in [5.41, 5.74) is 13.7. The summed E-state index contributed by atoms with van der Waals surface area (Å²) < 4.78 is 2.63. The van der Waals surface area contributed by atoms with Crippen LogP contribution in [-0.4, -0.2) is 0 Å². The molecule has 0 amide bonds. The van der Waals surface area contributed by atoms with Crippen LogP contribution in [0, 0.1) is 0 Å². The molecule has 1 aliphatic carbocycles. The molecule has 8 aromatic rings. The number of para-hydroxylation sites is 2. The summed E-state index contributed by atoms with van der Waals surface area (Å²) in [6.45, 7) is 4.70. The van der Waals surface area contributed by atoms with Crippen molar-refractivity contribution in [2.24, 2.45) is 0 Å². The minimum absolute atomic E-state index is 0.0508. The average molecular weight is 620 g/mol. The highest BCUT2D eigenvalue weighted by Gasteiger charge is 2.35. The largest absolute Gasteiger partial charge is 0.309 e. The Balaban J connectivity index is 1.34. The zero-order chi connectivity index (χ0) is 31.5. The summed E-state index contributed by atoms with van der Waals surface area (Å²) in [4.78, 5) is 2.49. The van der Waals surface area contributed by atoms with Crippen LogP contribution in [-0.2, 0) is 5.41 Å². The summed E-state index contributed by atoms with van der Waals surface area (Å²) >= 11 is 1.87. The van der Waals surface area contributed by atoms with Crippen molar-refractivity contribution >= 4 is 48.6 Å². The molecule has 1 nitrogen and oxygen atoms in total. The van der Waals surface area contributed by atoms with Crippen LogP contribution >= 0.6 is 11.3 Å². The number of hydrogen-bond donors (Lipinski definition) is 0. The first kappa shape index (κ1) is 27.8. The first-order valence-electron chi connectivity index (χ1n) is 16.3. The number of rotatable bonds is 5. The second-order valence-electron chi connectivity index (χ2n) is 12.9. The van der Waals surface area contributed by atoms with Gasteiger partial charge in [0, 0.05) is 42.4 Å². The maximum atomic E-state index is 2.49. The summed E-state index contributed by atoms with van der Waals surface area (Å²) in [6, 6.07) is 60.1. The molecule has 0 saturated heterocycles. The number of thiophene rings is 1. The van der Waals surface area contributed by atoms with E-state index in [4.69, 9.17) is 0 Å². The van der Waals surface area contributed by atoms with Crippen molar-refractivity contribution in [1.29, 1.82) is 0 Å². The molecular weight excluding hydrogens is 587 g/mol. The van der Waals surface area contributed by atoms with Gasteiger partial charge in [-0.15, -0.1) is 11.3 Å². The van der Waals surface area contributed by atoms with Gasteiger partial charge in [0.25, 0.3) is 0 Å². The maximum Gasteiger partial charge on any atom is 0.0540 e. The number of nitrogens with zero attached hydrogens (tertiary/aromatic N) is 1. The molecular formula is C45H33NS. The van der Waals surface area contributed by atoms with E-state index in [1.165, 1.54) is 64.7 Å². The Kier molecular flexibility index (Phi) is 6.41. The molecule has 0 spiro atoms. The molecule has 9 rings (SSSR count). The number of benzene rings is 7. The Labute approximate surface area is 280 Å².